The lowest BCUT2D eigenvalue weighted by Gasteiger charge is -2.27. The Kier molecular flexibility index (Phi) is 8.43. The molecule has 0 bridgehead atoms. The van der Waals surface area contributed by atoms with Gasteiger partial charge in [0.25, 0.3) is 0 Å². The molecule has 4 N–H and O–H groups in total. The second kappa shape index (κ2) is 11.9. The van der Waals surface area contributed by atoms with E-state index in [-0.39, 0.29) is 36.7 Å². The Hall–Kier alpha value is -4.48. The van der Waals surface area contributed by atoms with Crippen molar-refractivity contribution in [2.45, 2.75) is 50.9 Å². The molecule has 204 valence electrons. The Labute approximate surface area is 223 Å². The lowest BCUT2D eigenvalue weighted by molar-refractivity contribution is -0.138. The predicted molar refractivity (Wildman–Crippen MR) is 137 cm³/mol. The van der Waals surface area contributed by atoms with Crippen LogP contribution in [0.15, 0.2) is 70.4 Å². The Morgan fingerprint density at radius 2 is 2.13 bits per heavy atom. The van der Waals surface area contributed by atoms with E-state index < -0.39 is 36.0 Å². The number of rotatable bonds is 9. The first kappa shape index (κ1) is 27.6. The number of hydrogen-bond donors (Lipinski definition) is 3. The SMILES string of the molecule is CC(C)c1ccc(C(NC(=O)[C@@H]2C[C@@H](F)CN2C(=O)C/C(N)=C/N=N)c2cccc(-c3cnco3)c2)nc1F. The maximum Gasteiger partial charge on any atom is 0.243 e. The fourth-order valence-electron chi connectivity index (χ4n) is 4.56. The van der Waals surface area contributed by atoms with Crippen molar-refractivity contribution in [3.8, 4) is 11.3 Å². The van der Waals surface area contributed by atoms with Gasteiger partial charge in [0.1, 0.15) is 12.2 Å². The van der Waals surface area contributed by atoms with Gasteiger partial charge in [-0.1, -0.05) is 38.1 Å². The van der Waals surface area contributed by atoms with Gasteiger partial charge in [0.15, 0.2) is 12.2 Å². The number of alkyl halides is 1. The van der Waals surface area contributed by atoms with Gasteiger partial charge in [-0.15, -0.1) is 0 Å². The summed E-state index contributed by atoms with van der Waals surface area (Å²) in [5.74, 6) is -1.45. The highest BCUT2D eigenvalue weighted by Crippen LogP contribution is 2.29. The van der Waals surface area contributed by atoms with Crippen molar-refractivity contribution < 1.29 is 22.8 Å². The third-order valence-electron chi connectivity index (χ3n) is 6.50. The molecule has 0 aliphatic carbocycles. The number of aromatic nitrogens is 2. The molecule has 39 heavy (non-hydrogen) atoms. The van der Waals surface area contributed by atoms with Crippen LogP contribution in [0, 0.1) is 11.5 Å². The number of benzene rings is 1. The number of amides is 2. The quantitative estimate of drug-likeness (QED) is 0.273. The minimum absolute atomic E-state index is 0.0171. The zero-order chi connectivity index (χ0) is 28.1. The molecule has 12 heteroatoms. The number of likely N-dealkylation sites (tertiary alicyclic amines) is 1. The van der Waals surface area contributed by atoms with Crippen LogP contribution in [-0.2, 0) is 9.59 Å². The summed E-state index contributed by atoms with van der Waals surface area (Å²) in [6.45, 7) is 3.42. The number of nitrogens with one attached hydrogen (secondary N) is 2. The average molecular weight is 538 g/mol. The monoisotopic (exact) mass is 537 g/mol. The van der Waals surface area contributed by atoms with E-state index in [2.05, 4.69) is 20.4 Å². The van der Waals surface area contributed by atoms with Crippen LogP contribution in [-0.4, -0.2) is 45.4 Å². The van der Waals surface area contributed by atoms with E-state index in [9.17, 15) is 18.4 Å². The van der Waals surface area contributed by atoms with Crippen LogP contribution in [0.25, 0.3) is 11.3 Å². The van der Waals surface area contributed by atoms with Crippen LogP contribution in [0.2, 0.25) is 0 Å². The molecule has 3 heterocycles. The first-order valence-corrected chi connectivity index (χ1v) is 12.4. The number of carbonyl (C=O) groups is 2. The molecule has 4 rings (SSSR count). The van der Waals surface area contributed by atoms with Gasteiger partial charge in [-0.3, -0.25) is 9.59 Å². The fourth-order valence-corrected chi connectivity index (χ4v) is 4.56. The molecule has 1 aromatic carbocycles. The highest BCUT2D eigenvalue weighted by Gasteiger charge is 2.40. The number of oxazole rings is 1. The molecule has 1 aliphatic heterocycles. The summed E-state index contributed by atoms with van der Waals surface area (Å²) in [6.07, 6.45) is 1.91. The van der Waals surface area contributed by atoms with Gasteiger partial charge >= 0.3 is 0 Å². The Morgan fingerprint density at radius 3 is 2.79 bits per heavy atom. The van der Waals surface area contributed by atoms with E-state index in [1.165, 1.54) is 6.39 Å². The normalized spacial score (nSPS) is 18.3. The van der Waals surface area contributed by atoms with E-state index in [0.29, 0.717) is 22.5 Å². The minimum atomic E-state index is -1.41. The average Bonchev–Trinajstić information content (AvgIpc) is 3.57. The number of halogens is 2. The van der Waals surface area contributed by atoms with E-state index >= 15 is 0 Å². The molecule has 1 fully saturated rings. The van der Waals surface area contributed by atoms with Crippen LogP contribution in [0.5, 0.6) is 0 Å². The van der Waals surface area contributed by atoms with Gasteiger partial charge in [-0.05, 0) is 23.6 Å². The maximum absolute atomic E-state index is 14.9. The summed E-state index contributed by atoms with van der Waals surface area (Å²) in [7, 11) is 0. The molecule has 0 saturated carbocycles. The molecule has 1 unspecified atom stereocenters. The zero-order valence-electron chi connectivity index (χ0n) is 21.5. The molecule has 3 atom stereocenters. The highest BCUT2D eigenvalue weighted by molar-refractivity contribution is 5.89. The van der Waals surface area contributed by atoms with Crippen LogP contribution in [0.4, 0.5) is 8.78 Å². The second-order valence-electron chi connectivity index (χ2n) is 9.61. The number of pyridine rings is 1. The van der Waals surface area contributed by atoms with Crippen LogP contribution in [0.3, 0.4) is 0 Å². The van der Waals surface area contributed by atoms with Crippen molar-refractivity contribution >= 4 is 11.8 Å². The Morgan fingerprint density at radius 1 is 1.33 bits per heavy atom. The van der Waals surface area contributed by atoms with E-state index in [1.54, 1.807) is 42.6 Å². The number of nitrogens with two attached hydrogens (primary N) is 1. The smallest absolute Gasteiger partial charge is 0.243 e. The van der Waals surface area contributed by atoms with Gasteiger partial charge in [0, 0.05) is 23.2 Å². The van der Waals surface area contributed by atoms with E-state index in [4.69, 9.17) is 15.7 Å². The van der Waals surface area contributed by atoms with Gasteiger partial charge in [-0.25, -0.2) is 19.9 Å². The summed E-state index contributed by atoms with van der Waals surface area (Å²) in [4.78, 5) is 35.6. The third-order valence-corrected chi connectivity index (χ3v) is 6.50. The molecule has 3 aromatic rings. The van der Waals surface area contributed by atoms with Crippen molar-refractivity contribution in [3.63, 3.8) is 0 Å². The van der Waals surface area contributed by atoms with Crippen molar-refractivity contribution in [3.05, 3.63) is 83.7 Å². The Bertz CT molecular complexity index is 1380. The largest absolute Gasteiger partial charge is 0.444 e. The number of carbonyl (C=O) groups excluding carboxylic acids is 2. The van der Waals surface area contributed by atoms with Crippen molar-refractivity contribution in [2.75, 3.05) is 6.54 Å². The van der Waals surface area contributed by atoms with Crippen LogP contribution in [0.1, 0.15) is 55.5 Å². The Balaban J connectivity index is 1.67. The van der Waals surface area contributed by atoms with E-state index in [1.807, 2.05) is 13.8 Å². The number of hydrogen-bond acceptors (Lipinski definition) is 8. The predicted octanol–water partition coefficient (Wildman–Crippen LogP) is 4.36. The van der Waals surface area contributed by atoms with Gasteiger partial charge in [-0.2, -0.15) is 9.50 Å². The molecular formula is C27H29F2N7O3. The van der Waals surface area contributed by atoms with Gasteiger partial charge < -0.3 is 20.4 Å². The number of nitrogens with zero attached hydrogens (tertiary/aromatic N) is 4. The maximum atomic E-state index is 14.9. The molecule has 0 radical (unpaired) electrons. The molecule has 10 nitrogen and oxygen atoms in total. The highest BCUT2D eigenvalue weighted by atomic mass is 19.1. The molecule has 2 aromatic heterocycles. The second-order valence-corrected chi connectivity index (χ2v) is 9.61. The van der Waals surface area contributed by atoms with Gasteiger partial charge in [0.2, 0.25) is 17.8 Å². The van der Waals surface area contributed by atoms with Crippen molar-refractivity contribution in [1.29, 1.82) is 5.53 Å². The summed E-state index contributed by atoms with van der Waals surface area (Å²) >= 11 is 0. The summed E-state index contributed by atoms with van der Waals surface area (Å²) in [5, 5.41) is 5.89. The topological polar surface area (TPSA) is 151 Å². The summed E-state index contributed by atoms with van der Waals surface area (Å²) in [6, 6.07) is 8.27. The minimum Gasteiger partial charge on any atom is -0.444 e. The molecule has 1 aliphatic rings. The molecule has 0 spiro atoms. The lowest BCUT2D eigenvalue weighted by Crippen LogP contribution is -2.47. The first-order chi connectivity index (χ1) is 18.7. The van der Waals surface area contributed by atoms with Crippen molar-refractivity contribution in [1.82, 2.24) is 20.2 Å². The third kappa shape index (κ3) is 6.33. The lowest BCUT2D eigenvalue weighted by atomic mass is 9.97. The van der Waals surface area contributed by atoms with E-state index in [0.717, 1.165) is 11.1 Å². The fraction of sp³-hybridized carbons (Fsp3) is 0.333. The van der Waals surface area contributed by atoms with Gasteiger partial charge in [0.05, 0.1) is 37.1 Å². The zero-order valence-corrected chi connectivity index (χ0v) is 21.5. The van der Waals surface area contributed by atoms with Crippen molar-refractivity contribution in [2.24, 2.45) is 10.8 Å². The van der Waals surface area contributed by atoms with Crippen LogP contribution >= 0.6 is 0 Å². The molecular weight excluding hydrogens is 508 g/mol. The molecule has 2 amide bonds. The standard InChI is InChI=1S/C27H29F2N7O3/c1-15(2)20-6-7-21(34-26(20)29)25(17-5-3-4-16(8-17)23-12-32-14-39-23)35-27(38)22-9-18(28)13-36(22)24(37)10-19(30)11-33-31/h3-8,11-12,14-15,18,22,25,31H,9-10,13,30H2,1-2H3,(H,35,38)/b19-11-,33-31?/t18-,22+,25?/m1/s1. The first-order valence-electron chi connectivity index (χ1n) is 12.4. The summed E-state index contributed by atoms with van der Waals surface area (Å²) in [5.41, 5.74) is 14.5. The molecule has 1 saturated heterocycles. The summed E-state index contributed by atoms with van der Waals surface area (Å²) < 4.78 is 34.8. The van der Waals surface area contributed by atoms with Crippen LogP contribution < -0.4 is 11.1 Å².